The van der Waals surface area contributed by atoms with Crippen LogP contribution in [0, 0.1) is 0 Å². The molecule has 0 aliphatic carbocycles. The van der Waals surface area contributed by atoms with E-state index in [0.29, 0.717) is 5.69 Å². The van der Waals surface area contributed by atoms with Crippen LogP contribution >= 0.6 is 11.8 Å². The summed E-state index contributed by atoms with van der Waals surface area (Å²) in [5.74, 6) is -1.45. The minimum absolute atomic E-state index is 0.00535. The van der Waals surface area contributed by atoms with Gasteiger partial charge in [-0.1, -0.05) is 152 Å². The van der Waals surface area contributed by atoms with Crippen LogP contribution in [-0.2, 0) is 32.9 Å². The average Bonchev–Trinajstić information content (AvgIpc) is 3.87. The molecule has 2 N–H and O–H groups in total. The number of aromatic nitrogens is 2. The van der Waals surface area contributed by atoms with Crippen molar-refractivity contribution in [2.45, 2.75) is 36.0 Å². The number of imidazole rings is 1. The second kappa shape index (κ2) is 16.0. The predicted molar refractivity (Wildman–Crippen MR) is 204 cm³/mol. The summed E-state index contributed by atoms with van der Waals surface area (Å²) in [7, 11) is 0. The minimum Gasteiger partial charge on any atom is -0.480 e. The topological polar surface area (TPSA) is 114 Å². The number of hydrogen-bond donors (Lipinski definition) is 2. The van der Waals surface area contributed by atoms with E-state index in [-0.39, 0.29) is 18.8 Å². The van der Waals surface area contributed by atoms with E-state index in [1.807, 2.05) is 120 Å². The zero-order chi connectivity index (χ0) is 36.6. The first kappa shape index (κ1) is 35.3. The zero-order valence-corrected chi connectivity index (χ0v) is 29.6. The summed E-state index contributed by atoms with van der Waals surface area (Å²) in [6.45, 7) is -0.00535. The quantitative estimate of drug-likeness (QED) is 0.128. The maximum absolute atomic E-state index is 14.9. The lowest BCUT2D eigenvalue weighted by Gasteiger charge is -2.39. The summed E-state index contributed by atoms with van der Waals surface area (Å²) in [5, 5.41) is 12.6. The Balaban J connectivity index is 1.33. The molecule has 2 amide bonds. The molecule has 266 valence electrons. The molecule has 9 nitrogen and oxygen atoms in total. The molecular formula is C43H38N4O5S. The Morgan fingerprint density at radius 2 is 1.28 bits per heavy atom. The first-order valence-corrected chi connectivity index (χ1v) is 18.4. The van der Waals surface area contributed by atoms with E-state index in [1.54, 1.807) is 12.5 Å². The molecule has 5 aromatic carbocycles. The zero-order valence-electron chi connectivity index (χ0n) is 28.8. The third-order valence-corrected chi connectivity index (χ3v) is 10.8. The maximum Gasteiger partial charge on any atom is 0.408 e. The highest BCUT2D eigenvalue weighted by molar-refractivity contribution is 7.99. The highest BCUT2D eigenvalue weighted by Crippen LogP contribution is 2.43. The molecule has 0 saturated carbocycles. The lowest BCUT2D eigenvalue weighted by molar-refractivity contribution is -0.150. The summed E-state index contributed by atoms with van der Waals surface area (Å²) in [6, 6.07) is 46.5. The number of carboxylic acids is 1. The normalized spacial score (nSPS) is 16.1. The molecule has 0 spiro atoms. The summed E-state index contributed by atoms with van der Waals surface area (Å²) < 4.78 is 7.67. The largest absolute Gasteiger partial charge is 0.480 e. The molecule has 1 aliphatic heterocycles. The van der Waals surface area contributed by atoms with Gasteiger partial charge in [0, 0.05) is 24.1 Å². The van der Waals surface area contributed by atoms with Gasteiger partial charge in [0.25, 0.3) is 0 Å². The van der Waals surface area contributed by atoms with Crippen LogP contribution in [0.25, 0.3) is 0 Å². The number of nitrogens with zero attached hydrogens (tertiary/aromatic N) is 3. The fourth-order valence-corrected chi connectivity index (χ4v) is 8.50. The number of hydrogen-bond acceptors (Lipinski definition) is 6. The van der Waals surface area contributed by atoms with Crippen molar-refractivity contribution < 1.29 is 24.2 Å². The summed E-state index contributed by atoms with van der Waals surface area (Å²) in [4.78, 5) is 47.1. The van der Waals surface area contributed by atoms with E-state index in [4.69, 9.17) is 4.74 Å². The fraction of sp³-hybridized carbons (Fsp3) is 0.163. The first-order valence-electron chi connectivity index (χ1n) is 17.3. The number of amides is 2. The number of carboxylic acid groups (broad SMARTS) is 1. The highest BCUT2D eigenvalue weighted by Gasteiger charge is 2.46. The van der Waals surface area contributed by atoms with Crippen molar-refractivity contribution in [2.24, 2.45) is 0 Å². The average molecular weight is 723 g/mol. The van der Waals surface area contributed by atoms with Gasteiger partial charge in [-0.3, -0.25) is 4.79 Å². The Bertz CT molecular complexity index is 2040. The van der Waals surface area contributed by atoms with Crippen molar-refractivity contribution in [3.63, 3.8) is 0 Å². The number of alkyl carbamates (subject to hydrolysis) is 1. The lowest BCUT2D eigenvalue weighted by Crippen LogP contribution is -2.54. The van der Waals surface area contributed by atoms with Gasteiger partial charge in [-0.05, 0) is 27.8 Å². The Hall–Kier alpha value is -6.13. The number of thioether (sulfide) groups is 1. The van der Waals surface area contributed by atoms with Crippen molar-refractivity contribution in [3.8, 4) is 0 Å². The molecule has 10 heteroatoms. The van der Waals surface area contributed by atoms with Crippen LogP contribution in [0.2, 0.25) is 0 Å². The van der Waals surface area contributed by atoms with Crippen LogP contribution in [0.5, 0.6) is 0 Å². The number of nitrogens with one attached hydrogen (secondary N) is 1. The van der Waals surface area contributed by atoms with Crippen LogP contribution < -0.4 is 5.32 Å². The molecule has 0 radical (unpaired) electrons. The molecule has 1 saturated heterocycles. The van der Waals surface area contributed by atoms with Crippen molar-refractivity contribution in [3.05, 3.63) is 198 Å². The number of rotatable bonds is 12. The van der Waals surface area contributed by atoms with Gasteiger partial charge in [0.05, 0.1) is 6.33 Å². The summed E-state index contributed by atoms with van der Waals surface area (Å²) in [6.07, 6.45) is 2.63. The van der Waals surface area contributed by atoms with Crippen molar-refractivity contribution in [1.82, 2.24) is 19.8 Å². The van der Waals surface area contributed by atoms with Gasteiger partial charge in [0.15, 0.2) is 0 Å². The maximum atomic E-state index is 14.9. The summed E-state index contributed by atoms with van der Waals surface area (Å²) in [5.41, 5.74) is 4.16. The smallest absolute Gasteiger partial charge is 0.408 e. The van der Waals surface area contributed by atoms with Crippen LogP contribution in [0.4, 0.5) is 4.79 Å². The minimum atomic E-state index is -1.21. The van der Waals surface area contributed by atoms with Crippen molar-refractivity contribution >= 4 is 29.7 Å². The third-order valence-electron chi connectivity index (χ3n) is 9.49. The molecule has 0 bridgehead atoms. The fourth-order valence-electron chi connectivity index (χ4n) is 7.07. The van der Waals surface area contributed by atoms with Crippen molar-refractivity contribution in [2.75, 3.05) is 5.75 Å². The van der Waals surface area contributed by atoms with E-state index in [9.17, 15) is 19.5 Å². The van der Waals surface area contributed by atoms with Gasteiger partial charge in [0.2, 0.25) is 5.91 Å². The molecule has 53 heavy (non-hydrogen) atoms. The summed E-state index contributed by atoms with van der Waals surface area (Å²) >= 11 is 1.38. The van der Waals surface area contributed by atoms with Gasteiger partial charge in [-0.15, -0.1) is 11.8 Å². The molecule has 1 unspecified atom stereocenters. The molecule has 3 atom stereocenters. The van der Waals surface area contributed by atoms with E-state index < -0.39 is 41.0 Å². The number of aliphatic carboxylic acids is 1. The van der Waals surface area contributed by atoms with Crippen LogP contribution in [-0.4, -0.2) is 55.4 Å². The highest BCUT2D eigenvalue weighted by atomic mass is 32.2. The molecule has 1 fully saturated rings. The molecule has 6 aromatic rings. The standard InChI is InChI=1S/C43H38N4O5S/c48-39(47-38(41(49)50)29-53-40(47)32-18-8-2-9-19-32)37(45-42(51)52-28-31-16-6-1-7-17-31)26-36-27-44-30-46(36)43(33-20-10-3-11-21-33,34-22-12-4-13-23-34)35-24-14-5-15-25-35/h1-25,27,30,37-38,40H,26,28-29H2,(H,45,51)(H,49,50)/t37-,38-,40?/m0/s1. The van der Waals surface area contributed by atoms with Gasteiger partial charge in [-0.2, -0.15) is 0 Å². The van der Waals surface area contributed by atoms with E-state index in [2.05, 4.69) is 46.7 Å². The third kappa shape index (κ3) is 7.31. The van der Waals surface area contributed by atoms with E-state index >= 15 is 0 Å². The Labute approximate surface area is 312 Å². The predicted octanol–water partition coefficient (Wildman–Crippen LogP) is 7.29. The number of carbonyl (C=O) groups excluding carboxylic acids is 2. The van der Waals surface area contributed by atoms with Gasteiger partial charge in [0.1, 0.15) is 29.6 Å². The second-order valence-corrected chi connectivity index (χ2v) is 13.8. The molecular weight excluding hydrogens is 685 g/mol. The molecule has 2 heterocycles. The van der Waals surface area contributed by atoms with E-state index in [0.717, 1.165) is 27.8 Å². The monoisotopic (exact) mass is 722 g/mol. The lowest BCUT2D eigenvalue weighted by atomic mass is 9.76. The van der Waals surface area contributed by atoms with Gasteiger partial charge >= 0.3 is 12.1 Å². The Morgan fingerprint density at radius 1 is 0.774 bits per heavy atom. The van der Waals surface area contributed by atoms with Crippen LogP contribution in [0.3, 0.4) is 0 Å². The van der Waals surface area contributed by atoms with E-state index in [1.165, 1.54) is 16.7 Å². The number of carbonyl (C=O) groups is 3. The SMILES string of the molecule is O=C(N[C@@H](Cc1cncn1C(c1ccccc1)(c1ccccc1)c1ccccc1)C(=O)N1C(c2ccccc2)SC[C@H]1C(=O)O)OCc1ccccc1. The second-order valence-electron chi connectivity index (χ2n) is 12.7. The molecule has 1 aromatic heterocycles. The molecule has 1 aliphatic rings. The first-order chi connectivity index (χ1) is 26.0. The van der Waals surface area contributed by atoms with Crippen molar-refractivity contribution in [1.29, 1.82) is 0 Å². The van der Waals surface area contributed by atoms with Crippen LogP contribution in [0.15, 0.2) is 164 Å². The van der Waals surface area contributed by atoms with Gasteiger partial charge in [-0.25, -0.2) is 14.6 Å². The van der Waals surface area contributed by atoms with Gasteiger partial charge < -0.3 is 24.6 Å². The molecule has 7 rings (SSSR count). The number of benzene rings is 5. The Morgan fingerprint density at radius 3 is 1.81 bits per heavy atom. The van der Waals surface area contributed by atoms with Crippen LogP contribution in [0.1, 0.15) is 38.9 Å². The number of ether oxygens (including phenoxy) is 1. The Kier molecular flexibility index (Phi) is 10.7.